The topological polar surface area (TPSA) is 63.8 Å². The van der Waals surface area contributed by atoms with Crippen molar-refractivity contribution in [3.05, 3.63) is 47.7 Å². The zero-order valence-electron chi connectivity index (χ0n) is 11.4. The van der Waals surface area contributed by atoms with E-state index in [1.54, 1.807) is 0 Å². The van der Waals surface area contributed by atoms with Crippen LogP contribution in [-0.4, -0.2) is 16.5 Å². The lowest BCUT2D eigenvalue weighted by Crippen LogP contribution is -2.09. The molecule has 1 unspecified atom stereocenters. The summed E-state index contributed by atoms with van der Waals surface area (Å²) in [5, 5.41) is 3.30. The van der Waals surface area contributed by atoms with Gasteiger partial charge in [-0.25, -0.2) is 4.98 Å². The number of nitrogen functional groups attached to an aromatic ring is 1. The third-order valence-electron chi connectivity index (χ3n) is 3.12. The first-order valence-electron chi connectivity index (χ1n) is 6.55. The Bertz CT molecular complexity index is 505. The molecule has 1 atom stereocenters. The van der Waals surface area contributed by atoms with Crippen LogP contribution in [0.2, 0.25) is 0 Å². The van der Waals surface area contributed by atoms with Crippen LogP contribution in [0.15, 0.2) is 36.4 Å². The summed E-state index contributed by atoms with van der Waals surface area (Å²) in [7, 11) is 0. The minimum Gasteiger partial charge on any atom is -0.370 e. The molecular weight excluding hydrogens is 236 g/mol. The Morgan fingerprint density at radius 2 is 1.95 bits per heavy atom. The molecule has 0 radical (unpaired) electrons. The minimum absolute atomic E-state index is 0.318. The third-order valence-corrected chi connectivity index (χ3v) is 3.12. The van der Waals surface area contributed by atoms with Gasteiger partial charge in [0, 0.05) is 18.3 Å². The van der Waals surface area contributed by atoms with E-state index in [1.807, 2.05) is 19.1 Å². The first-order valence-corrected chi connectivity index (χ1v) is 6.55. The van der Waals surface area contributed by atoms with Gasteiger partial charge in [0.25, 0.3) is 0 Å². The van der Waals surface area contributed by atoms with Gasteiger partial charge in [-0.3, -0.25) is 0 Å². The third kappa shape index (κ3) is 3.95. The van der Waals surface area contributed by atoms with Gasteiger partial charge in [-0.2, -0.15) is 4.98 Å². The number of hydrogen-bond donors (Lipinski definition) is 2. The van der Waals surface area contributed by atoms with Crippen LogP contribution < -0.4 is 11.1 Å². The summed E-state index contributed by atoms with van der Waals surface area (Å²) >= 11 is 0. The predicted molar refractivity (Wildman–Crippen MR) is 79.1 cm³/mol. The Balaban J connectivity index is 1.86. The van der Waals surface area contributed by atoms with Gasteiger partial charge in [0.1, 0.15) is 5.82 Å². The molecule has 1 heterocycles. The molecule has 0 bridgehead atoms. The Morgan fingerprint density at radius 3 is 2.63 bits per heavy atom. The van der Waals surface area contributed by atoms with E-state index >= 15 is 0 Å². The quantitative estimate of drug-likeness (QED) is 0.863. The molecule has 0 spiro atoms. The number of anilines is 2. The molecule has 0 saturated heterocycles. The smallest absolute Gasteiger partial charge is 0.222 e. The van der Waals surface area contributed by atoms with Crippen molar-refractivity contribution < 1.29 is 0 Å². The number of hydrogen-bond acceptors (Lipinski definition) is 4. The highest BCUT2D eigenvalue weighted by molar-refractivity contribution is 5.40. The number of benzene rings is 1. The summed E-state index contributed by atoms with van der Waals surface area (Å²) in [6, 6.07) is 12.4. The molecule has 2 rings (SSSR count). The molecule has 100 valence electrons. The van der Waals surface area contributed by atoms with E-state index in [-0.39, 0.29) is 0 Å². The summed E-state index contributed by atoms with van der Waals surface area (Å²) in [4.78, 5) is 8.21. The molecule has 3 N–H and O–H groups in total. The first-order chi connectivity index (χ1) is 9.15. The van der Waals surface area contributed by atoms with E-state index in [4.69, 9.17) is 5.73 Å². The predicted octanol–water partition coefficient (Wildman–Crippen LogP) is 2.97. The van der Waals surface area contributed by atoms with E-state index < -0.39 is 0 Å². The highest BCUT2D eigenvalue weighted by Gasteiger charge is 2.05. The second-order valence-electron chi connectivity index (χ2n) is 4.78. The van der Waals surface area contributed by atoms with Crippen LogP contribution in [0, 0.1) is 6.92 Å². The van der Waals surface area contributed by atoms with Gasteiger partial charge in [-0.15, -0.1) is 0 Å². The van der Waals surface area contributed by atoms with Gasteiger partial charge in [0.2, 0.25) is 5.95 Å². The summed E-state index contributed by atoms with van der Waals surface area (Å²) in [5.41, 5.74) is 7.86. The van der Waals surface area contributed by atoms with E-state index in [2.05, 4.69) is 46.5 Å². The minimum atomic E-state index is 0.318. The van der Waals surface area contributed by atoms with Crippen molar-refractivity contribution in [2.24, 2.45) is 0 Å². The van der Waals surface area contributed by atoms with Crippen molar-refractivity contribution in [2.75, 3.05) is 17.6 Å². The number of nitrogens with one attached hydrogen (secondary N) is 1. The average Bonchev–Trinajstić information content (AvgIpc) is 2.38. The van der Waals surface area contributed by atoms with Crippen LogP contribution in [0.1, 0.15) is 30.5 Å². The summed E-state index contributed by atoms with van der Waals surface area (Å²) in [5.74, 6) is 1.64. The molecule has 19 heavy (non-hydrogen) atoms. The lowest BCUT2D eigenvalue weighted by atomic mass is 9.98. The Hall–Kier alpha value is -2.10. The molecule has 2 aromatic rings. The zero-order valence-corrected chi connectivity index (χ0v) is 11.4. The van der Waals surface area contributed by atoms with Crippen molar-refractivity contribution in [1.82, 2.24) is 9.97 Å². The van der Waals surface area contributed by atoms with Crippen LogP contribution in [0.4, 0.5) is 11.8 Å². The fourth-order valence-corrected chi connectivity index (χ4v) is 2.05. The average molecular weight is 256 g/mol. The van der Waals surface area contributed by atoms with Gasteiger partial charge in [-0.1, -0.05) is 37.3 Å². The monoisotopic (exact) mass is 256 g/mol. The van der Waals surface area contributed by atoms with E-state index in [1.165, 1.54) is 5.56 Å². The summed E-state index contributed by atoms with van der Waals surface area (Å²) < 4.78 is 0. The second-order valence-corrected chi connectivity index (χ2v) is 4.78. The van der Waals surface area contributed by atoms with Crippen LogP contribution in [-0.2, 0) is 0 Å². The maximum absolute atomic E-state index is 5.62. The van der Waals surface area contributed by atoms with Crippen molar-refractivity contribution in [3.63, 3.8) is 0 Å². The number of nitrogens with zero attached hydrogens (tertiary/aromatic N) is 2. The van der Waals surface area contributed by atoms with Gasteiger partial charge in [0.15, 0.2) is 0 Å². The number of aromatic nitrogens is 2. The van der Waals surface area contributed by atoms with E-state index in [9.17, 15) is 0 Å². The zero-order chi connectivity index (χ0) is 13.7. The van der Waals surface area contributed by atoms with Gasteiger partial charge < -0.3 is 11.1 Å². The normalized spacial score (nSPS) is 12.1. The Labute approximate surface area is 114 Å². The van der Waals surface area contributed by atoms with E-state index in [0.29, 0.717) is 11.9 Å². The first kappa shape index (κ1) is 13.3. The number of nitrogens with two attached hydrogens (primary N) is 1. The fraction of sp³-hybridized carbons (Fsp3) is 0.333. The van der Waals surface area contributed by atoms with Gasteiger partial charge in [0.05, 0.1) is 0 Å². The van der Waals surface area contributed by atoms with Crippen molar-refractivity contribution in [1.29, 1.82) is 0 Å². The van der Waals surface area contributed by atoms with Crippen LogP contribution >= 0.6 is 0 Å². The van der Waals surface area contributed by atoms with Gasteiger partial charge in [-0.05, 0) is 24.8 Å². The maximum atomic E-state index is 5.62. The molecule has 4 nitrogen and oxygen atoms in total. The molecular formula is C15H20N4. The lowest BCUT2D eigenvalue weighted by molar-refractivity contribution is 0.704. The Kier molecular flexibility index (Phi) is 4.34. The van der Waals surface area contributed by atoms with Crippen LogP contribution in [0.25, 0.3) is 0 Å². The molecule has 0 aliphatic heterocycles. The molecule has 1 aromatic heterocycles. The fourth-order valence-electron chi connectivity index (χ4n) is 2.05. The second kappa shape index (κ2) is 6.18. The van der Waals surface area contributed by atoms with Gasteiger partial charge >= 0.3 is 0 Å². The molecule has 0 amide bonds. The van der Waals surface area contributed by atoms with Crippen molar-refractivity contribution in [3.8, 4) is 0 Å². The lowest BCUT2D eigenvalue weighted by Gasteiger charge is -2.13. The molecule has 1 aromatic carbocycles. The van der Waals surface area contributed by atoms with Crippen molar-refractivity contribution >= 4 is 11.8 Å². The van der Waals surface area contributed by atoms with Crippen LogP contribution in [0.3, 0.4) is 0 Å². The molecule has 0 fully saturated rings. The Morgan fingerprint density at radius 1 is 1.21 bits per heavy atom. The molecule has 0 saturated carbocycles. The standard InChI is InChI=1S/C15H20N4/c1-11(13-6-4-3-5-7-13)8-9-17-14-10-12(2)18-15(16)19-14/h3-7,10-11H,8-9H2,1-2H3,(H3,16,17,18,19). The van der Waals surface area contributed by atoms with Crippen LogP contribution in [0.5, 0.6) is 0 Å². The van der Waals surface area contributed by atoms with E-state index in [0.717, 1.165) is 24.5 Å². The largest absolute Gasteiger partial charge is 0.370 e. The highest BCUT2D eigenvalue weighted by atomic mass is 15.1. The SMILES string of the molecule is Cc1cc(NCCC(C)c2ccccc2)nc(N)n1. The highest BCUT2D eigenvalue weighted by Crippen LogP contribution is 2.18. The molecule has 0 aliphatic carbocycles. The molecule has 4 heteroatoms. The number of rotatable bonds is 5. The number of aryl methyl sites for hydroxylation is 1. The maximum Gasteiger partial charge on any atom is 0.222 e. The molecule has 0 aliphatic rings. The summed E-state index contributed by atoms with van der Waals surface area (Å²) in [6.45, 7) is 5.01. The summed E-state index contributed by atoms with van der Waals surface area (Å²) in [6.07, 6.45) is 1.05. The van der Waals surface area contributed by atoms with Crippen molar-refractivity contribution in [2.45, 2.75) is 26.2 Å².